The molecule has 250 valence electrons. The van der Waals surface area contributed by atoms with E-state index in [9.17, 15) is 0 Å². The number of hydrogen-bond donors (Lipinski definition) is 0. The minimum Gasteiger partial charge on any atom is -0.0616 e. The maximum atomic E-state index is 2.44. The van der Waals surface area contributed by atoms with Crippen molar-refractivity contribution in [3.63, 3.8) is 0 Å². The Kier molecular flexibility index (Phi) is 6.97. The summed E-state index contributed by atoms with van der Waals surface area (Å²) in [6.45, 7) is 0. The van der Waals surface area contributed by atoms with E-state index in [1.165, 1.54) is 109 Å². The van der Waals surface area contributed by atoms with Gasteiger partial charge in [0.2, 0.25) is 0 Å². The molecule has 11 aromatic rings. The summed E-state index contributed by atoms with van der Waals surface area (Å²) in [7, 11) is 0. The van der Waals surface area contributed by atoms with Crippen molar-refractivity contribution in [2.45, 2.75) is 0 Å². The number of hydrogen-bond acceptors (Lipinski definition) is 0. The normalized spacial score (nSPS) is 11.7. The summed E-state index contributed by atoms with van der Waals surface area (Å²) in [5.41, 5.74) is 9.98. The lowest BCUT2D eigenvalue weighted by atomic mass is 9.83. The zero-order valence-corrected chi connectivity index (χ0v) is 29.6. The van der Waals surface area contributed by atoms with Gasteiger partial charge >= 0.3 is 0 Å². The van der Waals surface area contributed by atoms with Crippen LogP contribution in [0.3, 0.4) is 0 Å². The van der Waals surface area contributed by atoms with Crippen molar-refractivity contribution in [2.75, 3.05) is 0 Å². The van der Waals surface area contributed by atoms with Crippen LogP contribution in [0.4, 0.5) is 0 Å². The quantitative estimate of drug-likeness (QED) is 0.128. The first-order valence-electron chi connectivity index (χ1n) is 18.8. The molecule has 11 rings (SSSR count). The Morgan fingerprint density at radius 1 is 0.185 bits per heavy atom. The van der Waals surface area contributed by atoms with E-state index in [1.54, 1.807) is 0 Å². The molecule has 0 bridgehead atoms. The predicted octanol–water partition coefficient (Wildman–Crippen LogP) is 15.3. The molecule has 0 atom stereocenters. The Hall–Kier alpha value is -7.02. The van der Waals surface area contributed by atoms with Crippen LogP contribution in [0.5, 0.6) is 0 Å². The van der Waals surface area contributed by atoms with Crippen LogP contribution in [0.1, 0.15) is 0 Å². The van der Waals surface area contributed by atoms with Gasteiger partial charge in [-0.15, -0.1) is 0 Å². The third kappa shape index (κ3) is 4.78. The molecule has 0 saturated carbocycles. The van der Waals surface area contributed by atoms with Gasteiger partial charge in [-0.1, -0.05) is 194 Å². The fraction of sp³-hybridized carbons (Fsp3) is 0. The van der Waals surface area contributed by atoms with Gasteiger partial charge in [-0.3, -0.25) is 0 Å². The largest absolute Gasteiger partial charge is 0.0616 e. The lowest BCUT2D eigenvalue weighted by Gasteiger charge is -2.20. The summed E-state index contributed by atoms with van der Waals surface area (Å²) in [6.07, 6.45) is 0. The number of fused-ring (bicyclic) bond motifs is 7. The summed E-state index contributed by atoms with van der Waals surface area (Å²) in [5, 5.41) is 15.2. The predicted molar refractivity (Wildman–Crippen MR) is 233 cm³/mol. The van der Waals surface area contributed by atoms with E-state index in [4.69, 9.17) is 0 Å². The van der Waals surface area contributed by atoms with E-state index in [0.29, 0.717) is 0 Å². The molecule has 0 radical (unpaired) electrons. The van der Waals surface area contributed by atoms with E-state index in [1.807, 2.05) is 0 Å². The summed E-state index contributed by atoms with van der Waals surface area (Å²) in [6, 6.07) is 76.1. The Bertz CT molecular complexity index is 3250. The van der Waals surface area contributed by atoms with Crippen molar-refractivity contribution >= 4 is 64.6 Å². The third-order valence-electron chi connectivity index (χ3n) is 11.4. The van der Waals surface area contributed by atoms with E-state index in [-0.39, 0.29) is 0 Å². The van der Waals surface area contributed by atoms with Gasteiger partial charge in [-0.2, -0.15) is 0 Å². The molecule has 0 spiro atoms. The number of benzene rings is 11. The SMILES string of the molecule is c1ccc2c(-c3c4ccccc4c(-c4cccc5ccccc45)c4cc(-c5ccc(-c6cc7ccccc7c7ccccc67)cc5)ccc34)cccc2c1. The van der Waals surface area contributed by atoms with Crippen LogP contribution >= 0.6 is 0 Å². The molecule has 0 unspecified atom stereocenters. The Morgan fingerprint density at radius 3 is 1.24 bits per heavy atom. The van der Waals surface area contributed by atoms with Crippen LogP contribution in [0.2, 0.25) is 0 Å². The van der Waals surface area contributed by atoms with Crippen molar-refractivity contribution < 1.29 is 0 Å². The first kappa shape index (κ1) is 30.6. The van der Waals surface area contributed by atoms with Gasteiger partial charge in [-0.25, -0.2) is 0 Å². The standard InChI is InChI=1S/C54H34/c1-4-18-41-36(13-1)16-11-25-46(41)53-48-23-9-10-24-49(48)54(47-26-12-17-37-14-2-5-19-42(37)47)52-33-39(31-32-50(52)53)35-27-29-38(30-28-35)51-34-40-15-3-6-20-43(40)44-21-7-8-22-45(44)51/h1-34H. The molecular weight excluding hydrogens is 649 g/mol. The van der Waals surface area contributed by atoms with E-state index < -0.39 is 0 Å². The summed E-state index contributed by atoms with van der Waals surface area (Å²) in [5.74, 6) is 0. The fourth-order valence-electron chi connectivity index (χ4n) is 8.96. The highest BCUT2D eigenvalue weighted by molar-refractivity contribution is 6.25. The third-order valence-corrected chi connectivity index (χ3v) is 11.4. The summed E-state index contributed by atoms with van der Waals surface area (Å²) < 4.78 is 0. The van der Waals surface area contributed by atoms with Crippen LogP contribution in [-0.2, 0) is 0 Å². The molecule has 0 aliphatic rings. The van der Waals surface area contributed by atoms with E-state index in [0.717, 1.165) is 0 Å². The second-order valence-electron chi connectivity index (χ2n) is 14.4. The molecule has 0 aromatic heterocycles. The van der Waals surface area contributed by atoms with Crippen molar-refractivity contribution in [2.24, 2.45) is 0 Å². The maximum absolute atomic E-state index is 2.44. The van der Waals surface area contributed by atoms with Crippen LogP contribution < -0.4 is 0 Å². The van der Waals surface area contributed by atoms with Crippen LogP contribution in [0.25, 0.3) is 109 Å². The minimum atomic E-state index is 1.20. The van der Waals surface area contributed by atoms with Gasteiger partial charge in [-0.05, 0) is 121 Å². The lowest BCUT2D eigenvalue weighted by molar-refractivity contribution is 1.62. The average Bonchev–Trinajstić information content (AvgIpc) is 3.25. The monoisotopic (exact) mass is 682 g/mol. The second-order valence-corrected chi connectivity index (χ2v) is 14.4. The van der Waals surface area contributed by atoms with Crippen LogP contribution in [-0.4, -0.2) is 0 Å². The molecule has 0 fully saturated rings. The molecule has 0 nitrogen and oxygen atoms in total. The average molecular weight is 683 g/mol. The first-order chi connectivity index (χ1) is 26.8. The minimum absolute atomic E-state index is 1.20. The zero-order valence-electron chi connectivity index (χ0n) is 29.6. The molecular formula is C54H34. The molecule has 0 saturated heterocycles. The van der Waals surface area contributed by atoms with Crippen molar-refractivity contribution in [1.82, 2.24) is 0 Å². The van der Waals surface area contributed by atoms with Crippen LogP contribution in [0, 0.1) is 0 Å². The van der Waals surface area contributed by atoms with Gasteiger partial charge in [0.25, 0.3) is 0 Å². The lowest BCUT2D eigenvalue weighted by Crippen LogP contribution is -1.93. The molecule has 54 heavy (non-hydrogen) atoms. The maximum Gasteiger partial charge on any atom is -0.00199 e. The first-order valence-corrected chi connectivity index (χ1v) is 18.8. The molecule has 0 N–H and O–H groups in total. The smallest absolute Gasteiger partial charge is 0.00199 e. The summed E-state index contributed by atoms with van der Waals surface area (Å²) >= 11 is 0. The molecule has 0 heteroatoms. The van der Waals surface area contributed by atoms with E-state index in [2.05, 4.69) is 206 Å². The summed E-state index contributed by atoms with van der Waals surface area (Å²) in [4.78, 5) is 0. The fourth-order valence-corrected chi connectivity index (χ4v) is 8.96. The molecule has 11 aromatic carbocycles. The van der Waals surface area contributed by atoms with Gasteiger partial charge in [0.05, 0.1) is 0 Å². The highest BCUT2D eigenvalue weighted by atomic mass is 14.2. The highest BCUT2D eigenvalue weighted by Gasteiger charge is 2.20. The second kappa shape index (κ2) is 12.3. The van der Waals surface area contributed by atoms with Crippen molar-refractivity contribution in [3.05, 3.63) is 206 Å². The zero-order chi connectivity index (χ0) is 35.6. The van der Waals surface area contributed by atoms with Gasteiger partial charge < -0.3 is 0 Å². The molecule has 0 aliphatic heterocycles. The molecule has 0 aliphatic carbocycles. The topological polar surface area (TPSA) is 0 Å². The van der Waals surface area contributed by atoms with Gasteiger partial charge in [0, 0.05) is 0 Å². The molecule has 0 heterocycles. The van der Waals surface area contributed by atoms with Crippen LogP contribution in [0.15, 0.2) is 206 Å². The van der Waals surface area contributed by atoms with Gasteiger partial charge in [0.1, 0.15) is 0 Å². The van der Waals surface area contributed by atoms with Crippen molar-refractivity contribution in [1.29, 1.82) is 0 Å². The van der Waals surface area contributed by atoms with E-state index >= 15 is 0 Å². The Balaban J connectivity index is 1.17. The Morgan fingerprint density at radius 2 is 0.611 bits per heavy atom. The van der Waals surface area contributed by atoms with Crippen molar-refractivity contribution in [3.8, 4) is 44.5 Å². The number of rotatable bonds is 4. The van der Waals surface area contributed by atoms with Gasteiger partial charge in [0.15, 0.2) is 0 Å². The highest BCUT2D eigenvalue weighted by Crippen LogP contribution is 2.47. The molecule has 0 amide bonds. The Labute approximate surface area is 314 Å².